The van der Waals surface area contributed by atoms with Crippen LogP contribution in [0, 0.1) is 5.82 Å². The molecule has 0 fully saturated rings. The lowest BCUT2D eigenvalue weighted by atomic mass is 10.0. The van der Waals surface area contributed by atoms with E-state index < -0.39 is 0 Å². The van der Waals surface area contributed by atoms with Crippen LogP contribution in [0.5, 0.6) is 0 Å². The molecule has 0 saturated heterocycles. The molecule has 0 aliphatic heterocycles. The smallest absolute Gasteiger partial charge is 0.123 e. The Balaban J connectivity index is 2.53. The number of carbonyl (C=O) groups is 1. The third kappa shape index (κ3) is 3.34. The topological polar surface area (TPSA) is 43.1 Å². The SMILES string of the molecule is NC(CC=O)Cc1ccc(F)cc1. The highest BCUT2D eigenvalue weighted by Crippen LogP contribution is 2.05. The Morgan fingerprint density at radius 3 is 2.54 bits per heavy atom. The van der Waals surface area contributed by atoms with E-state index in [1.807, 2.05) is 0 Å². The summed E-state index contributed by atoms with van der Waals surface area (Å²) < 4.78 is 12.5. The maximum atomic E-state index is 12.5. The summed E-state index contributed by atoms with van der Waals surface area (Å²) in [5.74, 6) is -0.257. The molecule has 0 aromatic heterocycles. The van der Waals surface area contributed by atoms with E-state index in [0.29, 0.717) is 12.8 Å². The van der Waals surface area contributed by atoms with Crippen LogP contribution in [0.3, 0.4) is 0 Å². The van der Waals surface area contributed by atoms with Crippen LogP contribution in [-0.2, 0) is 11.2 Å². The maximum Gasteiger partial charge on any atom is 0.123 e. The van der Waals surface area contributed by atoms with Crippen LogP contribution in [-0.4, -0.2) is 12.3 Å². The first-order valence-electron chi connectivity index (χ1n) is 4.16. The lowest BCUT2D eigenvalue weighted by Crippen LogP contribution is -2.22. The number of nitrogens with two attached hydrogens (primary N) is 1. The zero-order valence-corrected chi connectivity index (χ0v) is 7.24. The molecule has 1 atom stereocenters. The molecule has 1 rings (SSSR count). The van der Waals surface area contributed by atoms with E-state index in [2.05, 4.69) is 0 Å². The van der Waals surface area contributed by atoms with E-state index >= 15 is 0 Å². The van der Waals surface area contributed by atoms with Gasteiger partial charge in [0.1, 0.15) is 12.1 Å². The van der Waals surface area contributed by atoms with Crippen molar-refractivity contribution in [1.82, 2.24) is 0 Å². The van der Waals surface area contributed by atoms with Gasteiger partial charge in [0.05, 0.1) is 0 Å². The summed E-state index contributed by atoms with van der Waals surface area (Å²) in [5, 5.41) is 0. The van der Waals surface area contributed by atoms with Crippen molar-refractivity contribution < 1.29 is 9.18 Å². The van der Waals surface area contributed by atoms with Gasteiger partial charge < -0.3 is 10.5 Å². The molecule has 2 nitrogen and oxygen atoms in total. The Morgan fingerprint density at radius 2 is 2.00 bits per heavy atom. The molecule has 70 valence electrons. The second kappa shape index (κ2) is 4.72. The van der Waals surface area contributed by atoms with Crippen LogP contribution in [0.2, 0.25) is 0 Å². The van der Waals surface area contributed by atoms with Gasteiger partial charge in [-0.1, -0.05) is 12.1 Å². The summed E-state index contributed by atoms with van der Waals surface area (Å²) in [4.78, 5) is 10.1. The van der Waals surface area contributed by atoms with E-state index in [-0.39, 0.29) is 11.9 Å². The highest BCUT2D eigenvalue weighted by Gasteiger charge is 2.02. The molecule has 1 aromatic carbocycles. The average Bonchev–Trinajstić information content (AvgIpc) is 2.09. The summed E-state index contributed by atoms with van der Waals surface area (Å²) in [5.41, 5.74) is 6.58. The number of benzene rings is 1. The van der Waals surface area contributed by atoms with Gasteiger partial charge >= 0.3 is 0 Å². The Morgan fingerprint density at radius 1 is 1.38 bits per heavy atom. The molecular weight excluding hydrogens is 169 g/mol. The van der Waals surface area contributed by atoms with Crippen molar-refractivity contribution in [2.24, 2.45) is 5.73 Å². The largest absolute Gasteiger partial charge is 0.327 e. The fourth-order valence-electron chi connectivity index (χ4n) is 1.13. The Hall–Kier alpha value is -1.22. The van der Waals surface area contributed by atoms with Crippen molar-refractivity contribution in [3.63, 3.8) is 0 Å². The minimum atomic E-state index is -0.257. The number of rotatable bonds is 4. The number of aldehydes is 1. The summed E-state index contributed by atoms with van der Waals surface area (Å²) >= 11 is 0. The van der Waals surface area contributed by atoms with Crippen LogP contribution in [0.25, 0.3) is 0 Å². The van der Waals surface area contributed by atoms with Crippen molar-refractivity contribution in [2.45, 2.75) is 18.9 Å². The second-order valence-electron chi connectivity index (χ2n) is 2.99. The fraction of sp³-hybridized carbons (Fsp3) is 0.300. The molecule has 0 aliphatic rings. The van der Waals surface area contributed by atoms with Gasteiger partial charge in [0.25, 0.3) is 0 Å². The predicted molar refractivity (Wildman–Crippen MR) is 48.8 cm³/mol. The first-order valence-corrected chi connectivity index (χ1v) is 4.16. The lowest BCUT2D eigenvalue weighted by Gasteiger charge is -2.07. The Labute approximate surface area is 76.6 Å². The van der Waals surface area contributed by atoms with E-state index in [4.69, 9.17) is 5.73 Å². The molecule has 13 heavy (non-hydrogen) atoms. The minimum absolute atomic E-state index is 0.164. The summed E-state index contributed by atoms with van der Waals surface area (Å²) in [6.45, 7) is 0. The highest BCUT2D eigenvalue weighted by atomic mass is 19.1. The first kappa shape index (κ1) is 9.86. The fourth-order valence-corrected chi connectivity index (χ4v) is 1.13. The molecule has 0 amide bonds. The first-order chi connectivity index (χ1) is 6.22. The van der Waals surface area contributed by atoms with Gasteiger partial charge in [-0.25, -0.2) is 4.39 Å². The zero-order valence-electron chi connectivity index (χ0n) is 7.24. The van der Waals surface area contributed by atoms with Gasteiger partial charge in [0.15, 0.2) is 0 Å². The van der Waals surface area contributed by atoms with Gasteiger partial charge in [-0.05, 0) is 24.1 Å². The van der Waals surface area contributed by atoms with Crippen molar-refractivity contribution in [3.05, 3.63) is 35.6 Å². The molecule has 0 bridgehead atoms. The second-order valence-corrected chi connectivity index (χ2v) is 2.99. The van der Waals surface area contributed by atoms with Crippen molar-refractivity contribution in [1.29, 1.82) is 0 Å². The lowest BCUT2D eigenvalue weighted by molar-refractivity contribution is -0.108. The van der Waals surface area contributed by atoms with Gasteiger partial charge in [-0.3, -0.25) is 0 Å². The molecule has 3 heteroatoms. The van der Waals surface area contributed by atoms with E-state index in [0.717, 1.165) is 11.8 Å². The van der Waals surface area contributed by atoms with Gasteiger partial charge in [-0.15, -0.1) is 0 Å². The van der Waals surface area contributed by atoms with Crippen molar-refractivity contribution in [2.75, 3.05) is 0 Å². The third-order valence-corrected chi connectivity index (χ3v) is 1.81. The zero-order chi connectivity index (χ0) is 9.68. The Kier molecular flexibility index (Phi) is 3.58. The molecule has 0 saturated carbocycles. The summed E-state index contributed by atoms with van der Waals surface area (Å²) in [6, 6.07) is 5.98. The summed E-state index contributed by atoms with van der Waals surface area (Å²) in [6.07, 6.45) is 1.75. The van der Waals surface area contributed by atoms with Crippen LogP contribution in [0.1, 0.15) is 12.0 Å². The molecule has 0 heterocycles. The van der Waals surface area contributed by atoms with Crippen LogP contribution in [0.15, 0.2) is 24.3 Å². The molecule has 2 N–H and O–H groups in total. The molecule has 0 radical (unpaired) electrons. The number of carbonyl (C=O) groups excluding carboxylic acids is 1. The van der Waals surface area contributed by atoms with E-state index in [1.54, 1.807) is 12.1 Å². The number of halogens is 1. The third-order valence-electron chi connectivity index (χ3n) is 1.81. The van der Waals surface area contributed by atoms with E-state index in [9.17, 15) is 9.18 Å². The van der Waals surface area contributed by atoms with E-state index in [1.165, 1.54) is 12.1 Å². The number of hydrogen-bond donors (Lipinski definition) is 1. The van der Waals surface area contributed by atoms with Crippen LogP contribution < -0.4 is 5.73 Å². The minimum Gasteiger partial charge on any atom is -0.327 e. The average molecular weight is 181 g/mol. The Bertz CT molecular complexity index is 271. The van der Waals surface area contributed by atoms with Crippen LogP contribution >= 0.6 is 0 Å². The highest BCUT2D eigenvalue weighted by molar-refractivity contribution is 5.50. The standard InChI is InChI=1S/C10H12FNO/c11-9-3-1-8(2-4-9)7-10(12)5-6-13/h1-4,6,10H,5,7,12H2. The maximum absolute atomic E-state index is 12.5. The van der Waals surface area contributed by atoms with Crippen molar-refractivity contribution >= 4 is 6.29 Å². The molecule has 0 spiro atoms. The molecular formula is C10H12FNO. The van der Waals surface area contributed by atoms with Gasteiger partial charge in [-0.2, -0.15) is 0 Å². The molecule has 0 aliphatic carbocycles. The van der Waals surface area contributed by atoms with Gasteiger partial charge in [0, 0.05) is 12.5 Å². The van der Waals surface area contributed by atoms with Crippen molar-refractivity contribution in [3.8, 4) is 0 Å². The number of hydrogen-bond acceptors (Lipinski definition) is 2. The quantitative estimate of drug-likeness (QED) is 0.711. The summed E-state index contributed by atoms with van der Waals surface area (Å²) in [7, 11) is 0. The normalized spacial score (nSPS) is 12.5. The molecule has 1 aromatic rings. The monoisotopic (exact) mass is 181 g/mol. The molecule has 1 unspecified atom stereocenters. The van der Waals surface area contributed by atoms with Crippen LogP contribution in [0.4, 0.5) is 4.39 Å². The predicted octanol–water partition coefficient (Wildman–Crippen LogP) is 1.28. The van der Waals surface area contributed by atoms with Gasteiger partial charge in [0.2, 0.25) is 0 Å².